The largest absolute Gasteiger partial charge is 0.507 e. The third-order valence-corrected chi connectivity index (χ3v) is 6.93. The Kier molecular flexibility index (Phi) is 6.87. The molecule has 0 aromatic heterocycles. The van der Waals surface area contributed by atoms with Gasteiger partial charge in [0.15, 0.2) is 0 Å². The van der Waals surface area contributed by atoms with Crippen molar-refractivity contribution < 1.29 is 24.2 Å². The van der Waals surface area contributed by atoms with Gasteiger partial charge >= 0.3 is 0 Å². The minimum absolute atomic E-state index is 0.0118. The number of rotatable bonds is 5. The van der Waals surface area contributed by atoms with Crippen molar-refractivity contribution in [3.63, 3.8) is 0 Å². The number of Topliss-reactive ketones (excluding diaryl/α,β-unsaturated/α-hetero) is 1. The number of nitrogens with zero attached hydrogens (tertiary/aromatic N) is 1. The molecule has 3 aromatic carbocycles. The van der Waals surface area contributed by atoms with Crippen molar-refractivity contribution in [3.05, 3.63) is 94.1 Å². The van der Waals surface area contributed by atoms with Gasteiger partial charge in [0.05, 0.1) is 25.8 Å². The van der Waals surface area contributed by atoms with Gasteiger partial charge in [-0.3, -0.25) is 14.5 Å². The second-order valence-electron chi connectivity index (χ2n) is 10.3. The standard InChI is InChI=1S/C31H33NO5/c1-18-12-14-21(16-19(18)2)32-27(22-10-8-9-11-24(22)36-6)26(29(34)30(32)35)28(33)20-13-15-25(37-7)23(17-20)31(3,4)5/h8-17,27,33H,1-7H3/b28-26+. The Morgan fingerprint density at radius 1 is 0.865 bits per heavy atom. The van der Waals surface area contributed by atoms with E-state index in [2.05, 4.69) is 0 Å². The summed E-state index contributed by atoms with van der Waals surface area (Å²) in [5.41, 5.74) is 4.27. The maximum absolute atomic E-state index is 13.6. The SMILES string of the molecule is COc1ccccc1C1/C(=C(\O)c2ccc(OC)c(C(C)(C)C)c2)C(=O)C(=O)N1c1ccc(C)c(C)c1. The fourth-order valence-corrected chi connectivity index (χ4v) is 4.76. The van der Waals surface area contributed by atoms with Crippen LogP contribution in [0.1, 0.15) is 54.6 Å². The Morgan fingerprint density at radius 3 is 2.16 bits per heavy atom. The highest BCUT2D eigenvalue weighted by molar-refractivity contribution is 6.51. The molecular formula is C31H33NO5. The summed E-state index contributed by atoms with van der Waals surface area (Å²) < 4.78 is 11.2. The molecule has 0 saturated carbocycles. The minimum Gasteiger partial charge on any atom is -0.507 e. The summed E-state index contributed by atoms with van der Waals surface area (Å²) in [6, 6.07) is 17.3. The summed E-state index contributed by atoms with van der Waals surface area (Å²) >= 11 is 0. The predicted octanol–water partition coefficient (Wildman–Crippen LogP) is 6.24. The van der Waals surface area contributed by atoms with Gasteiger partial charge in [-0.05, 0) is 66.8 Å². The van der Waals surface area contributed by atoms with Crippen LogP contribution in [-0.2, 0) is 15.0 Å². The van der Waals surface area contributed by atoms with Crippen molar-refractivity contribution in [2.75, 3.05) is 19.1 Å². The Morgan fingerprint density at radius 2 is 1.54 bits per heavy atom. The van der Waals surface area contributed by atoms with E-state index in [0.717, 1.165) is 16.7 Å². The summed E-state index contributed by atoms with van der Waals surface area (Å²) in [5, 5.41) is 11.6. The average molecular weight is 500 g/mol. The van der Waals surface area contributed by atoms with Crippen molar-refractivity contribution in [1.82, 2.24) is 0 Å². The number of benzene rings is 3. The van der Waals surface area contributed by atoms with Gasteiger partial charge in [0.25, 0.3) is 11.7 Å². The van der Waals surface area contributed by atoms with Crippen LogP contribution in [0.4, 0.5) is 5.69 Å². The zero-order valence-electron chi connectivity index (χ0n) is 22.4. The molecule has 0 radical (unpaired) electrons. The second-order valence-corrected chi connectivity index (χ2v) is 10.3. The molecule has 1 atom stereocenters. The lowest BCUT2D eigenvalue weighted by atomic mass is 9.84. The van der Waals surface area contributed by atoms with Crippen LogP contribution in [0, 0.1) is 13.8 Å². The molecule has 0 spiro atoms. The van der Waals surface area contributed by atoms with Crippen molar-refractivity contribution in [3.8, 4) is 11.5 Å². The molecule has 4 rings (SSSR count). The topological polar surface area (TPSA) is 76.1 Å². The lowest BCUT2D eigenvalue weighted by molar-refractivity contribution is -0.132. The molecule has 192 valence electrons. The summed E-state index contributed by atoms with van der Waals surface area (Å²) in [6.07, 6.45) is 0. The van der Waals surface area contributed by atoms with Crippen LogP contribution in [0.5, 0.6) is 11.5 Å². The molecule has 1 saturated heterocycles. The lowest BCUT2D eigenvalue weighted by Crippen LogP contribution is -2.29. The highest BCUT2D eigenvalue weighted by atomic mass is 16.5. The Balaban J connectivity index is 2.00. The molecule has 6 heteroatoms. The Labute approximate surface area is 218 Å². The normalized spacial score (nSPS) is 17.3. The molecule has 0 bridgehead atoms. The van der Waals surface area contributed by atoms with Crippen molar-refractivity contribution in [2.24, 2.45) is 0 Å². The van der Waals surface area contributed by atoms with Crippen molar-refractivity contribution >= 4 is 23.1 Å². The number of carbonyl (C=O) groups excluding carboxylic acids is 2. The summed E-state index contributed by atoms with van der Waals surface area (Å²) in [4.78, 5) is 28.5. The molecule has 1 aliphatic rings. The minimum atomic E-state index is -0.876. The first-order chi connectivity index (χ1) is 17.5. The Bertz CT molecular complexity index is 1410. The highest BCUT2D eigenvalue weighted by Gasteiger charge is 2.48. The van der Waals surface area contributed by atoms with Crippen molar-refractivity contribution in [1.29, 1.82) is 0 Å². The maximum Gasteiger partial charge on any atom is 0.300 e. The van der Waals surface area contributed by atoms with E-state index in [-0.39, 0.29) is 16.7 Å². The van der Waals surface area contributed by atoms with Gasteiger partial charge in [-0.2, -0.15) is 0 Å². The summed E-state index contributed by atoms with van der Waals surface area (Å²) in [5.74, 6) is -0.501. The van der Waals surface area contributed by atoms with Crippen molar-refractivity contribution in [2.45, 2.75) is 46.1 Å². The first-order valence-corrected chi connectivity index (χ1v) is 12.2. The first kappa shape index (κ1) is 26.0. The number of ether oxygens (including phenoxy) is 2. The number of hydrogen-bond donors (Lipinski definition) is 1. The monoisotopic (exact) mass is 499 g/mol. The number of hydrogen-bond acceptors (Lipinski definition) is 5. The molecule has 6 nitrogen and oxygen atoms in total. The van der Waals surface area contributed by atoms with Crippen LogP contribution in [0.3, 0.4) is 0 Å². The van der Waals surface area contributed by atoms with Gasteiger partial charge < -0.3 is 14.6 Å². The van der Waals surface area contributed by atoms with E-state index in [1.54, 1.807) is 32.4 Å². The van der Waals surface area contributed by atoms with Gasteiger partial charge in [-0.1, -0.05) is 45.0 Å². The van der Waals surface area contributed by atoms with Gasteiger partial charge in [0.1, 0.15) is 17.3 Å². The highest BCUT2D eigenvalue weighted by Crippen LogP contribution is 2.45. The third kappa shape index (κ3) is 4.59. The number of para-hydroxylation sites is 1. The smallest absolute Gasteiger partial charge is 0.300 e. The van der Waals surface area contributed by atoms with Crippen LogP contribution in [0.25, 0.3) is 5.76 Å². The number of methoxy groups -OCH3 is 2. The number of aliphatic hydroxyl groups excluding tert-OH is 1. The van der Waals surface area contributed by atoms with E-state index in [4.69, 9.17) is 9.47 Å². The average Bonchev–Trinajstić information content (AvgIpc) is 3.14. The van der Waals surface area contributed by atoms with E-state index in [9.17, 15) is 14.7 Å². The Hall–Kier alpha value is -4.06. The molecule has 37 heavy (non-hydrogen) atoms. The molecule has 1 fully saturated rings. The van der Waals surface area contributed by atoms with Crippen LogP contribution < -0.4 is 14.4 Å². The van der Waals surface area contributed by atoms with E-state index >= 15 is 0 Å². The zero-order chi connectivity index (χ0) is 27.1. The first-order valence-electron chi connectivity index (χ1n) is 12.2. The van der Waals surface area contributed by atoms with Crippen LogP contribution in [0.15, 0.2) is 66.2 Å². The molecular weight excluding hydrogens is 466 g/mol. The quantitative estimate of drug-likeness (QED) is 0.255. The van der Waals surface area contributed by atoms with E-state index in [0.29, 0.717) is 28.3 Å². The number of ketones is 1. The van der Waals surface area contributed by atoms with Gasteiger partial charge in [0, 0.05) is 22.4 Å². The molecule has 1 amide bonds. The third-order valence-electron chi connectivity index (χ3n) is 6.93. The maximum atomic E-state index is 13.6. The number of aliphatic hydroxyl groups is 1. The zero-order valence-corrected chi connectivity index (χ0v) is 22.4. The second kappa shape index (κ2) is 9.77. The molecule has 3 aromatic rings. The molecule has 1 unspecified atom stereocenters. The fourth-order valence-electron chi connectivity index (χ4n) is 4.76. The number of aryl methyl sites for hydroxylation is 2. The van der Waals surface area contributed by atoms with Crippen LogP contribution >= 0.6 is 0 Å². The molecule has 0 aliphatic carbocycles. The van der Waals surface area contributed by atoms with Gasteiger partial charge in [-0.15, -0.1) is 0 Å². The van der Waals surface area contributed by atoms with Crippen LogP contribution in [-0.4, -0.2) is 31.0 Å². The molecule has 1 N–H and O–H groups in total. The van der Waals surface area contributed by atoms with Crippen LogP contribution in [0.2, 0.25) is 0 Å². The molecule has 1 heterocycles. The number of amides is 1. The van der Waals surface area contributed by atoms with Gasteiger partial charge in [0.2, 0.25) is 0 Å². The summed E-state index contributed by atoms with van der Waals surface area (Å²) in [6.45, 7) is 10.1. The lowest BCUT2D eigenvalue weighted by Gasteiger charge is -2.27. The van der Waals surface area contributed by atoms with E-state index in [1.165, 1.54) is 4.90 Å². The fraction of sp³-hybridized carbons (Fsp3) is 0.290. The van der Waals surface area contributed by atoms with Gasteiger partial charge in [-0.25, -0.2) is 0 Å². The van der Waals surface area contributed by atoms with E-state index < -0.39 is 17.7 Å². The summed E-state index contributed by atoms with van der Waals surface area (Å²) in [7, 11) is 3.14. The molecule has 1 aliphatic heterocycles. The van der Waals surface area contributed by atoms with E-state index in [1.807, 2.05) is 77.1 Å². The number of carbonyl (C=O) groups is 2. The number of anilines is 1. The predicted molar refractivity (Wildman–Crippen MR) is 145 cm³/mol.